The molecule has 0 aliphatic carbocycles. The highest BCUT2D eigenvalue weighted by Gasteiger charge is 2.28. The third-order valence-corrected chi connectivity index (χ3v) is 5.18. The van der Waals surface area contributed by atoms with E-state index >= 15 is 0 Å². The summed E-state index contributed by atoms with van der Waals surface area (Å²) in [5, 5.41) is 9.33. The number of aromatic nitrogens is 4. The summed E-state index contributed by atoms with van der Waals surface area (Å²) < 4.78 is 3.22. The van der Waals surface area contributed by atoms with Crippen LogP contribution in [0.3, 0.4) is 0 Å². The van der Waals surface area contributed by atoms with Crippen LogP contribution >= 0.6 is 11.3 Å². The molecule has 2 aromatic heterocycles. The third kappa shape index (κ3) is 2.31. The number of hydrogen-bond donors (Lipinski definition) is 0. The second kappa shape index (κ2) is 5.13. The highest BCUT2D eigenvalue weighted by atomic mass is 32.1. The Bertz CT molecular complexity index is 912. The van der Waals surface area contributed by atoms with Crippen LogP contribution in [-0.4, -0.2) is 37.1 Å². The summed E-state index contributed by atoms with van der Waals surface area (Å²) in [5.41, 5.74) is 1.57. The van der Waals surface area contributed by atoms with Crippen molar-refractivity contribution in [1.82, 2.24) is 24.6 Å². The smallest absolute Gasteiger partial charge is 0.254 e. The zero-order chi connectivity index (χ0) is 16.1. The Balaban J connectivity index is 1.66. The third-order valence-electron chi connectivity index (χ3n) is 4.22. The maximum atomic E-state index is 12.9. The molecule has 6 nitrogen and oxygen atoms in total. The van der Waals surface area contributed by atoms with Gasteiger partial charge in [0.2, 0.25) is 0 Å². The molecule has 4 rings (SSSR count). The minimum absolute atomic E-state index is 0.0244. The van der Waals surface area contributed by atoms with Crippen LogP contribution in [0.4, 0.5) is 0 Å². The van der Waals surface area contributed by atoms with Gasteiger partial charge in [0.05, 0.1) is 27.8 Å². The van der Waals surface area contributed by atoms with Crippen LogP contribution in [0.5, 0.6) is 0 Å². The maximum Gasteiger partial charge on any atom is 0.254 e. The van der Waals surface area contributed by atoms with Gasteiger partial charge in [-0.1, -0.05) is 0 Å². The number of aryl methyl sites for hydroxylation is 2. The normalized spacial score (nSPS) is 17.5. The number of rotatable bonds is 1. The van der Waals surface area contributed by atoms with Gasteiger partial charge in [-0.25, -0.2) is 4.98 Å². The van der Waals surface area contributed by atoms with Gasteiger partial charge in [-0.3, -0.25) is 4.79 Å². The molecule has 118 valence electrons. The van der Waals surface area contributed by atoms with Crippen molar-refractivity contribution in [3.8, 4) is 0 Å². The number of carbonyl (C=O) groups excluding carboxylic acids is 1. The molecule has 0 spiro atoms. The summed E-state index contributed by atoms with van der Waals surface area (Å²) in [4.78, 5) is 19.2. The summed E-state index contributed by atoms with van der Waals surface area (Å²) in [6.07, 6.45) is 0. The quantitative estimate of drug-likeness (QED) is 0.689. The number of hydrogen-bond acceptors (Lipinski definition) is 5. The molecule has 1 amide bonds. The van der Waals surface area contributed by atoms with E-state index in [9.17, 15) is 4.79 Å². The van der Waals surface area contributed by atoms with Gasteiger partial charge < -0.3 is 9.47 Å². The second-order valence-corrected chi connectivity index (χ2v) is 7.22. The maximum absolute atomic E-state index is 12.9. The predicted octanol–water partition coefficient (Wildman–Crippen LogP) is 2.72. The topological polar surface area (TPSA) is 63.9 Å². The van der Waals surface area contributed by atoms with Gasteiger partial charge in [0, 0.05) is 12.1 Å². The van der Waals surface area contributed by atoms with Crippen LogP contribution in [0.25, 0.3) is 10.2 Å². The molecular formula is C16H17N5OS. The fourth-order valence-corrected chi connectivity index (χ4v) is 4.05. The standard InChI is InChI=1S/C16H17N5OS/c1-9-7-20(8-15-19-18-10(2)21(9)15)16(22)12-4-5-14-13(6-12)17-11(3)23-14/h4-6,9H,7-8H2,1-3H3. The van der Waals surface area contributed by atoms with Crippen molar-refractivity contribution in [1.29, 1.82) is 0 Å². The fraction of sp³-hybridized carbons (Fsp3) is 0.375. The van der Waals surface area contributed by atoms with E-state index in [1.54, 1.807) is 11.3 Å². The first-order valence-electron chi connectivity index (χ1n) is 7.60. The van der Waals surface area contributed by atoms with Crippen molar-refractivity contribution < 1.29 is 4.79 Å². The first-order valence-corrected chi connectivity index (χ1v) is 8.41. The lowest BCUT2D eigenvalue weighted by atomic mass is 10.1. The molecule has 7 heteroatoms. The Kier molecular flexibility index (Phi) is 3.19. The number of benzene rings is 1. The highest BCUT2D eigenvalue weighted by molar-refractivity contribution is 7.18. The summed E-state index contributed by atoms with van der Waals surface area (Å²) in [7, 11) is 0. The van der Waals surface area contributed by atoms with Gasteiger partial charge in [-0.05, 0) is 39.0 Å². The number of amides is 1. The lowest BCUT2D eigenvalue weighted by Crippen LogP contribution is -2.40. The number of carbonyl (C=O) groups is 1. The molecule has 0 fully saturated rings. The van der Waals surface area contributed by atoms with Gasteiger partial charge in [0.15, 0.2) is 5.82 Å². The predicted molar refractivity (Wildman–Crippen MR) is 88.6 cm³/mol. The first-order chi connectivity index (χ1) is 11.0. The number of thiazole rings is 1. The van der Waals surface area contributed by atoms with E-state index in [4.69, 9.17) is 0 Å². The summed E-state index contributed by atoms with van der Waals surface area (Å²) >= 11 is 1.64. The molecule has 0 saturated heterocycles. The Morgan fingerprint density at radius 1 is 1.30 bits per heavy atom. The molecule has 0 radical (unpaired) electrons. The van der Waals surface area contributed by atoms with Crippen molar-refractivity contribution in [2.75, 3.05) is 6.54 Å². The molecule has 1 aliphatic rings. The van der Waals surface area contributed by atoms with Crippen molar-refractivity contribution >= 4 is 27.5 Å². The van der Waals surface area contributed by atoms with Gasteiger partial charge in [0.25, 0.3) is 5.91 Å². The zero-order valence-electron chi connectivity index (χ0n) is 13.3. The van der Waals surface area contributed by atoms with Crippen LogP contribution in [0.2, 0.25) is 0 Å². The van der Waals surface area contributed by atoms with Crippen LogP contribution in [0.1, 0.15) is 40.0 Å². The molecule has 0 bridgehead atoms. The molecule has 1 aliphatic heterocycles. The monoisotopic (exact) mass is 327 g/mol. The van der Waals surface area contributed by atoms with Crippen LogP contribution in [-0.2, 0) is 6.54 Å². The summed E-state index contributed by atoms with van der Waals surface area (Å²) in [5.74, 6) is 1.77. The molecule has 0 N–H and O–H groups in total. The second-order valence-electron chi connectivity index (χ2n) is 5.98. The van der Waals surface area contributed by atoms with Gasteiger partial charge >= 0.3 is 0 Å². The minimum Gasteiger partial charge on any atom is -0.329 e. The zero-order valence-corrected chi connectivity index (χ0v) is 14.1. The summed E-state index contributed by atoms with van der Waals surface area (Å²) in [6, 6.07) is 5.93. The van der Waals surface area contributed by atoms with Crippen LogP contribution in [0.15, 0.2) is 18.2 Å². The average molecular weight is 327 g/mol. The summed E-state index contributed by atoms with van der Waals surface area (Å²) in [6.45, 7) is 7.18. The van der Waals surface area contributed by atoms with E-state index in [2.05, 4.69) is 26.7 Å². The highest BCUT2D eigenvalue weighted by Crippen LogP contribution is 2.25. The molecule has 3 heterocycles. The molecular weight excluding hydrogens is 310 g/mol. The fourth-order valence-electron chi connectivity index (χ4n) is 3.24. The average Bonchev–Trinajstić information content (AvgIpc) is 3.07. The minimum atomic E-state index is 0.0244. The Morgan fingerprint density at radius 3 is 2.96 bits per heavy atom. The van der Waals surface area contributed by atoms with E-state index in [0.29, 0.717) is 18.7 Å². The number of nitrogens with zero attached hydrogens (tertiary/aromatic N) is 5. The SMILES string of the molecule is Cc1nc2cc(C(=O)N3Cc4nnc(C)n4C(C)C3)ccc2s1. The Labute approximate surface area is 137 Å². The Hall–Kier alpha value is -2.28. The van der Waals surface area contributed by atoms with E-state index < -0.39 is 0 Å². The van der Waals surface area contributed by atoms with Crippen molar-refractivity contribution in [3.05, 3.63) is 40.4 Å². The molecule has 0 saturated carbocycles. The van der Waals surface area contributed by atoms with E-state index in [0.717, 1.165) is 26.9 Å². The molecule has 23 heavy (non-hydrogen) atoms. The largest absolute Gasteiger partial charge is 0.329 e. The van der Waals surface area contributed by atoms with Crippen molar-refractivity contribution in [3.63, 3.8) is 0 Å². The van der Waals surface area contributed by atoms with E-state index in [-0.39, 0.29) is 11.9 Å². The van der Waals surface area contributed by atoms with Crippen molar-refractivity contribution in [2.45, 2.75) is 33.4 Å². The number of fused-ring (bicyclic) bond motifs is 2. The lowest BCUT2D eigenvalue weighted by molar-refractivity contribution is 0.0680. The van der Waals surface area contributed by atoms with E-state index in [1.807, 2.05) is 36.9 Å². The molecule has 1 unspecified atom stereocenters. The first kappa shape index (κ1) is 14.3. The van der Waals surface area contributed by atoms with Gasteiger partial charge in [-0.15, -0.1) is 21.5 Å². The van der Waals surface area contributed by atoms with Crippen LogP contribution in [0, 0.1) is 13.8 Å². The van der Waals surface area contributed by atoms with Gasteiger partial charge in [0.1, 0.15) is 5.82 Å². The van der Waals surface area contributed by atoms with Gasteiger partial charge in [-0.2, -0.15) is 0 Å². The molecule has 3 aromatic rings. The molecule has 1 atom stereocenters. The lowest BCUT2D eigenvalue weighted by Gasteiger charge is -2.32. The van der Waals surface area contributed by atoms with E-state index in [1.165, 1.54) is 0 Å². The molecule has 1 aromatic carbocycles. The van der Waals surface area contributed by atoms with Crippen molar-refractivity contribution in [2.24, 2.45) is 0 Å². The Morgan fingerprint density at radius 2 is 2.13 bits per heavy atom. The van der Waals surface area contributed by atoms with Crippen LogP contribution < -0.4 is 0 Å².